The van der Waals surface area contributed by atoms with Gasteiger partial charge in [-0.2, -0.15) is 14.0 Å². The molecule has 1 aliphatic carbocycles. The molecule has 2 atom stereocenters. The summed E-state index contributed by atoms with van der Waals surface area (Å²) in [6.07, 6.45) is -3.41. The summed E-state index contributed by atoms with van der Waals surface area (Å²) in [5, 5.41) is 14.6. The molecular formula is C27H29F4N3O6S2. The Morgan fingerprint density at radius 3 is 2.12 bits per heavy atom. The molecule has 0 aromatic heterocycles. The van der Waals surface area contributed by atoms with Gasteiger partial charge in [-0.05, 0) is 73.6 Å². The highest BCUT2D eigenvalue weighted by Crippen LogP contribution is 2.36. The molecule has 9 nitrogen and oxygen atoms in total. The number of nitrogens with one attached hydrogen (secondary N) is 2. The first-order chi connectivity index (χ1) is 19.6. The van der Waals surface area contributed by atoms with Crippen molar-refractivity contribution in [2.45, 2.75) is 49.4 Å². The summed E-state index contributed by atoms with van der Waals surface area (Å²) in [7, 11) is -7.43. The zero-order chi connectivity index (χ0) is 30.8. The summed E-state index contributed by atoms with van der Waals surface area (Å²) >= 11 is 0. The molecule has 1 amide bonds. The van der Waals surface area contributed by atoms with Crippen LogP contribution in [0.1, 0.15) is 37.3 Å². The molecule has 2 aromatic carbocycles. The molecule has 2 N–H and O–H groups in total. The number of hydrogen-bond donors (Lipinski definition) is 2. The smallest absolute Gasteiger partial charge is 0.417 e. The molecule has 2 fully saturated rings. The van der Waals surface area contributed by atoms with Gasteiger partial charge in [-0.15, -0.1) is 0 Å². The molecule has 2 aliphatic rings. The van der Waals surface area contributed by atoms with E-state index in [2.05, 4.69) is 10.6 Å². The molecule has 1 heterocycles. The SMILES string of the molecule is N#CC1(NC(=O)[C@H](CS(=O)(=O)CC2CC2)N[C@@H](c2ccc(F)cc2)C(F)(F)Oc2ccc(F)cc2)CCS(=O)(=O)CC1. The molecule has 42 heavy (non-hydrogen) atoms. The zero-order valence-electron chi connectivity index (χ0n) is 22.2. The van der Waals surface area contributed by atoms with E-state index in [0.29, 0.717) is 12.8 Å². The minimum atomic E-state index is -4.19. The fourth-order valence-electron chi connectivity index (χ4n) is 4.60. The zero-order valence-corrected chi connectivity index (χ0v) is 23.9. The quantitative estimate of drug-likeness (QED) is 0.341. The van der Waals surface area contributed by atoms with Crippen LogP contribution in [0, 0.1) is 28.9 Å². The molecule has 228 valence electrons. The maximum atomic E-state index is 15.8. The van der Waals surface area contributed by atoms with Crippen molar-refractivity contribution in [2.75, 3.05) is 23.0 Å². The Balaban J connectivity index is 1.67. The number of sulfone groups is 2. The number of carbonyl (C=O) groups is 1. The lowest BCUT2D eigenvalue weighted by Crippen LogP contribution is -2.60. The highest BCUT2D eigenvalue weighted by Gasteiger charge is 2.47. The van der Waals surface area contributed by atoms with Crippen LogP contribution in [0.4, 0.5) is 17.6 Å². The number of halogens is 4. The molecule has 0 bridgehead atoms. The van der Waals surface area contributed by atoms with Crippen molar-refractivity contribution in [3.8, 4) is 11.8 Å². The third-order valence-corrected chi connectivity index (χ3v) is 10.6. The van der Waals surface area contributed by atoms with Crippen molar-refractivity contribution in [3.63, 3.8) is 0 Å². The largest absolute Gasteiger partial charge is 0.431 e. The molecule has 4 rings (SSSR count). The average Bonchev–Trinajstić information content (AvgIpc) is 3.73. The van der Waals surface area contributed by atoms with E-state index < -0.39 is 84.0 Å². The normalized spacial score (nSPS) is 19.7. The van der Waals surface area contributed by atoms with Crippen molar-refractivity contribution in [2.24, 2.45) is 5.92 Å². The number of rotatable bonds is 12. The maximum Gasteiger partial charge on any atom is 0.417 e. The van der Waals surface area contributed by atoms with Crippen LogP contribution < -0.4 is 15.4 Å². The molecule has 1 saturated carbocycles. The minimum absolute atomic E-state index is 0.121. The molecule has 15 heteroatoms. The van der Waals surface area contributed by atoms with Crippen molar-refractivity contribution >= 4 is 25.6 Å². The Morgan fingerprint density at radius 1 is 1.05 bits per heavy atom. The topological polar surface area (TPSA) is 142 Å². The van der Waals surface area contributed by atoms with Crippen LogP contribution in [0.2, 0.25) is 0 Å². The number of nitrogens with zero attached hydrogens (tertiary/aromatic N) is 1. The Morgan fingerprint density at radius 2 is 1.60 bits per heavy atom. The lowest BCUT2D eigenvalue weighted by atomic mass is 9.93. The fourth-order valence-corrected chi connectivity index (χ4v) is 8.07. The Labute approximate surface area is 241 Å². The molecule has 2 aromatic rings. The van der Waals surface area contributed by atoms with Gasteiger partial charge in [0.1, 0.15) is 35.0 Å². The van der Waals surface area contributed by atoms with E-state index >= 15 is 8.78 Å². The lowest BCUT2D eigenvalue weighted by Gasteiger charge is -2.35. The van der Waals surface area contributed by atoms with Crippen molar-refractivity contribution in [1.29, 1.82) is 5.26 Å². The van der Waals surface area contributed by atoms with Gasteiger partial charge in [0, 0.05) is 0 Å². The van der Waals surface area contributed by atoms with Crippen molar-refractivity contribution in [1.82, 2.24) is 10.6 Å². The van der Waals surface area contributed by atoms with Gasteiger partial charge in [-0.25, -0.2) is 25.6 Å². The van der Waals surface area contributed by atoms with Gasteiger partial charge in [-0.3, -0.25) is 10.1 Å². The van der Waals surface area contributed by atoms with Gasteiger partial charge >= 0.3 is 6.11 Å². The second-order valence-corrected chi connectivity index (χ2v) is 15.1. The van der Waals surface area contributed by atoms with Crippen molar-refractivity contribution in [3.05, 3.63) is 65.7 Å². The third-order valence-electron chi connectivity index (χ3n) is 7.15. The van der Waals surface area contributed by atoms with Crippen LogP contribution in [0.15, 0.2) is 48.5 Å². The minimum Gasteiger partial charge on any atom is -0.431 e. The molecule has 0 radical (unpaired) electrons. The predicted molar refractivity (Wildman–Crippen MR) is 144 cm³/mol. The highest BCUT2D eigenvalue weighted by atomic mass is 32.2. The van der Waals surface area contributed by atoms with E-state index in [4.69, 9.17) is 4.74 Å². The number of amides is 1. The van der Waals surface area contributed by atoms with E-state index in [1.54, 1.807) is 0 Å². The van der Waals surface area contributed by atoms with Gasteiger partial charge < -0.3 is 10.1 Å². The van der Waals surface area contributed by atoms with Gasteiger partial charge in [-0.1, -0.05) is 12.1 Å². The Kier molecular flexibility index (Phi) is 9.19. The number of alkyl halides is 2. The second kappa shape index (κ2) is 12.2. The van der Waals surface area contributed by atoms with Gasteiger partial charge in [0.2, 0.25) is 5.91 Å². The molecule has 1 saturated heterocycles. The standard InChI is InChI=1S/C27H29F4N3O6S2/c28-20-5-3-19(4-6-20)24(27(30,31)40-22-9-7-21(29)8-10-22)33-23(16-42(38,39)15-18-1-2-18)25(35)34-26(17-32)11-13-41(36,37)14-12-26/h3-10,18,23-24,33H,1-2,11-16H2,(H,34,35)/t23-,24-/m0/s1. The first-order valence-corrected chi connectivity index (χ1v) is 16.7. The molecular weight excluding hydrogens is 602 g/mol. The van der Waals surface area contributed by atoms with Gasteiger partial charge in [0.15, 0.2) is 19.7 Å². The van der Waals surface area contributed by atoms with Crippen LogP contribution in [0.3, 0.4) is 0 Å². The summed E-state index contributed by atoms with van der Waals surface area (Å²) in [5.41, 5.74) is -1.93. The maximum absolute atomic E-state index is 15.8. The summed E-state index contributed by atoms with van der Waals surface area (Å²) in [5.74, 6) is -5.12. The number of hydrogen-bond acceptors (Lipinski definition) is 8. The van der Waals surface area contributed by atoms with E-state index in [9.17, 15) is 35.7 Å². The van der Waals surface area contributed by atoms with E-state index in [-0.39, 0.29) is 30.1 Å². The number of ether oxygens (including phenoxy) is 1. The molecule has 0 unspecified atom stereocenters. The summed E-state index contributed by atoms with van der Waals surface area (Å²) < 4.78 is 113. The van der Waals surface area contributed by atoms with Crippen molar-refractivity contribution < 1.29 is 43.9 Å². The van der Waals surface area contributed by atoms with Crippen LogP contribution in [0.25, 0.3) is 0 Å². The second-order valence-electron chi connectivity index (χ2n) is 10.7. The van der Waals surface area contributed by atoms with Crippen LogP contribution in [-0.4, -0.2) is 63.4 Å². The van der Waals surface area contributed by atoms with Gasteiger partial charge in [0.05, 0.1) is 29.1 Å². The molecule has 0 spiro atoms. The lowest BCUT2D eigenvalue weighted by molar-refractivity contribution is -0.202. The number of nitriles is 1. The fraction of sp³-hybridized carbons (Fsp3) is 0.481. The Hall–Kier alpha value is -3.22. The van der Waals surface area contributed by atoms with E-state index in [1.807, 2.05) is 6.07 Å². The number of benzene rings is 2. The first-order valence-electron chi connectivity index (χ1n) is 13.1. The predicted octanol–water partition coefficient (Wildman–Crippen LogP) is 3.05. The highest BCUT2D eigenvalue weighted by molar-refractivity contribution is 7.91. The van der Waals surface area contributed by atoms with Gasteiger partial charge in [0.25, 0.3) is 0 Å². The Bertz CT molecular complexity index is 1530. The van der Waals surface area contributed by atoms with E-state index in [1.165, 1.54) is 0 Å². The average molecular weight is 632 g/mol. The van der Waals surface area contributed by atoms with Crippen LogP contribution >= 0.6 is 0 Å². The van der Waals surface area contributed by atoms with Crippen LogP contribution in [0.5, 0.6) is 5.75 Å². The summed E-state index contributed by atoms with van der Waals surface area (Å²) in [6.45, 7) is 0. The summed E-state index contributed by atoms with van der Waals surface area (Å²) in [6, 6.07) is 5.28. The summed E-state index contributed by atoms with van der Waals surface area (Å²) in [4.78, 5) is 13.5. The third kappa shape index (κ3) is 8.42. The molecule has 1 aliphatic heterocycles. The van der Waals surface area contributed by atoms with E-state index in [0.717, 1.165) is 48.5 Å². The van der Waals surface area contributed by atoms with Crippen LogP contribution in [-0.2, 0) is 24.5 Å². The monoisotopic (exact) mass is 631 g/mol. The number of carbonyl (C=O) groups excluding carboxylic acids is 1. The first kappa shape index (κ1) is 31.7.